The van der Waals surface area contributed by atoms with E-state index in [1.54, 1.807) is 6.20 Å². The molecule has 4 heteroatoms. The summed E-state index contributed by atoms with van der Waals surface area (Å²) in [5.74, 6) is 1.04. The summed E-state index contributed by atoms with van der Waals surface area (Å²) in [5, 5.41) is 0. The van der Waals surface area contributed by atoms with Gasteiger partial charge in [-0.25, -0.2) is 4.98 Å². The minimum Gasteiger partial charge on any atom is -0.328 e. The van der Waals surface area contributed by atoms with Gasteiger partial charge < -0.3 is 10.3 Å². The first-order valence-corrected chi connectivity index (χ1v) is 7.32. The van der Waals surface area contributed by atoms with Crippen molar-refractivity contribution < 1.29 is 0 Å². The van der Waals surface area contributed by atoms with E-state index in [4.69, 9.17) is 10.7 Å². The van der Waals surface area contributed by atoms with Gasteiger partial charge in [0.25, 0.3) is 0 Å². The Morgan fingerprint density at radius 3 is 2.76 bits per heavy atom. The van der Waals surface area contributed by atoms with E-state index >= 15 is 0 Å². The fourth-order valence-electron chi connectivity index (χ4n) is 2.83. The van der Waals surface area contributed by atoms with Crippen molar-refractivity contribution in [2.24, 2.45) is 5.73 Å². The van der Waals surface area contributed by atoms with Gasteiger partial charge in [-0.1, -0.05) is 18.2 Å². The van der Waals surface area contributed by atoms with Crippen LogP contribution >= 0.6 is 0 Å². The molecular weight excluding hydrogens is 260 g/mol. The average Bonchev–Trinajstić information content (AvgIpc) is 2.84. The Bertz CT molecular complexity index is 760. The molecule has 0 spiro atoms. The number of benzene rings is 1. The van der Waals surface area contributed by atoms with Crippen LogP contribution in [0.5, 0.6) is 0 Å². The van der Waals surface area contributed by atoms with E-state index in [2.05, 4.69) is 22.5 Å². The maximum absolute atomic E-state index is 6.38. The number of hydrogen-bond acceptors (Lipinski definition) is 3. The molecular formula is C17H20N4. The van der Waals surface area contributed by atoms with Crippen molar-refractivity contribution in [2.45, 2.75) is 32.9 Å². The smallest absolute Gasteiger partial charge is 0.111 e. The highest BCUT2D eigenvalue weighted by molar-refractivity contribution is 5.75. The summed E-state index contributed by atoms with van der Waals surface area (Å²) >= 11 is 0. The fraction of sp³-hybridized carbons (Fsp3) is 0.294. The van der Waals surface area contributed by atoms with Crippen LogP contribution in [0.1, 0.15) is 30.0 Å². The molecule has 0 aliphatic rings. The normalized spacial score (nSPS) is 12.7. The minimum atomic E-state index is -0.0826. The minimum absolute atomic E-state index is 0.0826. The van der Waals surface area contributed by atoms with Crippen molar-refractivity contribution in [2.75, 3.05) is 0 Å². The summed E-state index contributed by atoms with van der Waals surface area (Å²) in [6, 6.07) is 12.1. The fourth-order valence-corrected chi connectivity index (χ4v) is 2.83. The number of hydrogen-bond donors (Lipinski definition) is 1. The summed E-state index contributed by atoms with van der Waals surface area (Å²) < 4.78 is 2.24. The van der Waals surface area contributed by atoms with E-state index < -0.39 is 0 Å². The molecule has 1 atom stereocenters. The van der Waals surface area contributed by atoms with Crippen LogP contribution in [0.3, 0.4) is 0 Å². The van der Waals surface area contributed by atoms with Crippen molar-refractivity contribution in [1.29, 1.82) is 0 Å². The lowest BCUT2D eigenvalue weighted by Crippen LogP contribution is -2.17. The second kappa shape index (κ2) is 5.66. The highest BCUT2D eigenvalue weighted by Gasteiger charge is 2.15. The zero-order valence-corrected chi connectivity index (χ0v) is 12.5. The summed E-state index contributed by atoms with van der Waals surface area (Å²) in [6.07, 6.45) is 2.52. The molecule has 21 heavy (non-hydrogen) atoms. The van der Waals surface area contributed by atoms with E-state index in [1.165, 1.54) is 5.52 Å². The third kappa shape index (κ3) is 2.54. The van der Waals surface area contributed by atoms with E-state index in [9.17, 15) is 0 Å². The lowest BCUT2D eigenvalue weighted by Gasteiger charge is -2.14. The van der Waals surface area contributed by atoms with Crippen LogP contribution in [0, 0.1) is 6.92 Å². The first kappa shape index (κ1) is 13.8. The van der Waals surface area contributed by atoms with E-state index in [0.717, 1.165) is 35.6 Å². The SMILES string of the molecule is CCn1c(CC(N)c2cccnc2C)nc2ccccc21. The first-order chi connectivity index (χ1) is 10.2. The molecule has 108 valence electrons. The molecule has 4 nitrogen and oxygen atoms in total. The summed E-state index contributed by atoms with van der Waals surface area (Å²) in [5.41, 5.74) is 10.7. The Labute approximate surface area is 124 Å². The number of pyridine rings is 1. The van der Waals surface area contributed by atoms with Crippen molar-refractivity contribution in [3.63, 3.8) is 0 Å². The Balaban J connectivity index is 1.96. The first-order valence-electron chi connectivity index (χ1n) is 7.32. The Morgan fingerprint density at radius 2 is 2.00 bits per heavy atom. The molecule has 3 rings (SSSR count). The molecule has 0 radical (unpaired) electrons. The van der Waals surface area contributed by atoms with Crippen molar-refractivity contribution in [3.05, 3.63) is 59.7 Å². The molecule has 3 aromatic rings. The molecule has 0 fully saturated rings. The molecule has 0 aliphatic carbocycles. The number of rotatable bonds is 4. The van der Waals surface area contributed by atoms with Crippen molar-refractivity contribution >= 4 is 11.0 Å². The number of para-hydroxylation sites is 2. The maximum atomic E-state index is 6.38. The number of nitrogens with zero attached hydrogens (tertiary/aromatic N) is 3. The van der Waals surface area contributed by atoms with E-state index in [1.807, 2.05) is 37.3 Å². The number of fused-ring (bicyclic) bond motifs is 1. The van der Waals surface area contributed by atoms with Crippen LogP contribution in [0.25, 0.3) is 11.0 Å². The van der Waals surface area contributed by atoms with Crippen LogP contribution in [0.15, 0.2) is 42.6 Å². The molecule has 2 heterocycles. The lowest BCUT2D eigenvalue weighted by molar-refractivity contribution is 0.633. The van der Waals surface area contributed by atoms with E-state index in [0.29, 0.717) is 0 Å². The van der Waals surface area contributed by atoms with Gasteiger partial charge in [0.1, 0.15) is 5.82 Å². The van der Waals surface area contributed by atoms with Gasteiger partial charge in [0.15, 0.2) is 0 Å². The second-order valence-corrected chi connectivity index (χ2v) is 5.25. The highest BCUT2D eigenvalue weighted by atomic mass is 15.1. The molecule has 0 saturated heterocycles. The zero-order chi connectivity index (χ0) is 14.8. The van der Waals surface area contributed by atoms with Crippen LogP contribution in [0.4, 0.5) is 0 Å². The Kier molecular flexibility index (Phi) is 3.71. The van der Waals surface area contributed by atoms with Crippen LogP contribution in [-0.4, -0.2) is 14.5 Å². The zero-order valence-electron chi connectivity index (χ0n) is 12.5. The number of nitrogens with two attached hydrogens (primary N) is 1. The molecule has 0 amide bonds. The van der Waals surface area contributed by atoms with Crippen LogP contribution in [-0.2, 0) is 13.0 Å². The third-order valence-corrected chi connectivity index (χ3v) is 3.90. The molecule has 1 aromatic carbocycles. The predicted octanol–water partition coefficient (Wildman–Crippen LogP) is 3.00. The molecule has 0 saturated carbocycles. The number of aromatic nitrogens is 3. The largest absolute Gasteiger partial charge is 0.328 e. The highest BCUT2D eigenvalue weighted by Crippen LogP contribution is 2.21. The third-order valence-electron chi connectivity index (χ3n) is 3.90. The lowest BCUT2D eigenvalue weighted by atomic mass is 10.0. The predicted molar refractivity (Wildman–Crippen MR) is 85.0 cm³/mol. The van der Waals surface area contributed by atoms with Gasteiger partial charge in [-0.3, -0.25) is 4.98 Å². The van der Waals surface area contributed by atoms with Gasteiger partial charge in [-0.15, -0.1) is 0 Å². The van der Waals surface area contributed by atoms with Gasteiger partial charge in [0, 0.05) is 30.9 Å². The van der Waals surface area contributed by atoms with Crippen molar-refractivity contribution in [1.82, 2.24) is 14.5 Å². The standard InChI is InChI=1S/C17H20N4/c1-3-21-16-9-5-4-8-15(16)20-17(21)11-14(18)13-7-6-10-19-12(13)2/h4-10,14H,3,11,18H2,1-2H3. The Morgan fingerprint density at radius 1 is 1.19 bits per heavy atom. The quantitative estimate of drug-likeness (QED) is 0.799. The van der Waals surface area contributed by atoms with Gasteiger partial charge in [-0.2, -0.15) is 0 Å². The van der Waals surface area contributed by atoms with Gasteiger partial charge in [0.2, 0.25) is 0 Å². The molecule has 2 aromatic heterocycles. The molecule has 0 aliphatic heterocycles. The number of aryl methyl sites for hydroxylation is 2. The van der Waals surface area contributed by atoms with Gasteiger partial charge >= 0.3 is 0 Å². The summed E-state index contributed by atoms with van der Waals surface area (Å²) in [7, 11) is 0. The van der Waals surface area contributed by atoms with Crippen LogP contribution < -0.4 is 5.73 Å². The topological polar surface area (TPSA) is 56.7 Å². The monoisotopic (exact) mass is 280 g/mol. The molecule has 1 unspecified atom stereocenters. The summed E-state index contributed by atoms with van der Waals surface area (Å²) in [4.78, 5) is 9.06. The van der Waals surface area contributed by atoms with Crippen molar-refractivity contribution in [3.8, 4) is 0 Å². The maximum Gasteiger partial charge on any atom is 0.111 e. The molecule has 2 N–H and O–H groups in total. The van der Waals surface area contributed by atoms with Gasteiger partial charge in [-0.05, 0) is 37.6 Å². The summed E-state index contributed by atoms with van der Waals surface area (Å²) in [6.45, 7) is 5.03. The molecule has 0 bridgehead atoms. The Hall–Kier alpha value is -2.20. The second-order valence-electron chi connectivity index (χ2n) is 5.25. The number of imidazole rings is 1. The van der Waals surface area contributed by atoms with E-state index in [-0.39, 0.29) is 6.04 Å². The average molecular weight is 280 g/mol. The van der Waals surface area contributed by atoms with Gasteiger partial charge in [0.05, 0.1) is 11.0 Å². The van der Waals surface area contributed by atoms with Crippen LogP contribution in [0.2, 0.25) is 0 Å².